The van der Waals surface area contributed by atoms with Gasteiger partial charge in [0.05, 0.1) is 11.4 Å². The molecule has 0 aliphatic rings. The minimum Gasteiger partial charge on any atom is -0.435 e. The number of amides is 1. The molecule has 0 saturated carbocycles. The molecular formula is C23H26F2N4O3. The summed E-state index contributed by atoms with van der Waals surface area (Å²) in [7, 11) is 3.59. The van der Waals surface area contributed by atoms with E-state index >= 15 is 0 Å². The van der Waals surface area contributed by atoms with Gasteiger partial charge < -0.3 is 15.0 Å². The van der Waals surface area contributed by atoms with Crippen LogP contribution in [0, 0.1) is 6.92 Å². The van der Waals surface area contributed by atoms with Crippen LogP contribution < -0.4 is 15.6 Å². The Morgan fingerprint density at radius 3 is 2.56 bits per heavy atom. The number of halogens is 2. The largest absolute Gasteiger partial charge is 0.435 e. The van der Waals surface area contributed by atoms with E-state index in [-0.39, 0.29) is 29.3 Å². The SMILES string of the molecule is Cc1c(NC(=O)CCN(C)Cc2cccc(OC(F)F)c2)c(=O)n(-c2ccccc2)n1C. The molecule has 0 radical (unpaired) electrons. The molecule has 0 atom stereocenters. The van der Waals surface area contributed by atoms with Gasteiger partial charge in [-0.3, -0.25) is 14.3 Å². The summed E-state index contributed by atoms with van der Waals surface area (Å²) >= 11 is 0. The summed E-state index contributed by atoms with van der Waals surface area (Å²) in [4.78, 5) is 27.3. The molecule has 1 amide bonds. The van der Waals surface area contributed by atoms with Gasteiger partial charge in [-0.15, -0.1) is 0 Å². The highest BCUT2D eigenvalue weighted by Gasteiger charge is 2.18. The zero-order valence-corrected chi connectivity index (χ0v) is 18.2. The molecule has 3 rings (SSSR count). The van der Waals surface area contributed by atoms with Crippen molar-refractivity contribution in [1.29, 1.82) is 0 Å². The molecule has 0 fully saturated rings. The van der Waals surface area contributed by atoms with Gasteiger partial charge in [0, 0.05) is 26.6 Å². The quantitative estimate of drug-likeness (QED) is 0.548. The van der Waals surface area contributed by atoms with Crippen molar-refractivity contribution in [3.8, 4) is 11.4 Å². The summed E-state index contributed by atoms with van der Waals surface area (Å²) in [6.07, 6.45) is 0.169. The number of rotatable bonds is 9. The molecule has 32 heavy (non-hydrogen) atoms. The number of hydrogen-bond acceptors (Lipinski definition) is 4. The zero-order valence-electron chi connectivity index (χ0n) is 18.2. The second-order valence-electron chi connectivity index (χ2n) is 7.50. The monoisotopic (exact) mass is 444 g/mol. The van der Waals surface area contributed by atoms with Crippen molar-refractivity contribution >= 4 is 11.6 Å². The zero-order chi connectivity index (χ0) is 23.3. The number of carbonyl (C=O) groups is 1. The first kappa shape index (κ1) is 23.2. The Bertz CT molecular complexity index is 1130. The van der Waals surface area contributed by atoms with Crippen molar-refractivity contribution in [3.63, 3.8) is 0 Å². The van der Waals surface area contributed by atoms with Gasteiger partial charge in [0.1, 0.15) is 11.4 Å². The van der Waals surface area contributed by atoms with Crippen LogP contribution in [0.5, 0.6) is 5.75 Å². The number of carbonyl (C=O) groups excluding carboxylic acids is 1. The van der Waals surface area contributed by atoms with Crippen molar-refractivity contribution in [3.05, 3.63) is 76.2 Å². The fourth-order valence-corrected chi connectivity index (χ4v) is 3.42. The number of nitrogens with one attached hydrogen (secondary N) is 1. The number of para-hydroxylation sites is 1. The smallest absolute Gasteiger partial charge is 0.387 e. The molecule has 2 aromatic carbocycles. The van der Waals surface area contributed by atoms with Gasteiger partial charge in [-0.2, -0.15) is 8.78 Å². The number of anilines is 1. The third kappa shape index (κ3) is 5.61. The highest BCUT2D eigenvalue weighted by atomic mass is 19.3. The number of alkyl halides is 2. The van der Waals surface area contributed by atoms with Crippen LogP contribution in [0.25, 0.3) is 5.69 Å². The molecule has 0 spiro atoms. The molecule has 0 bridgehead atoms. The van der Waals surface area contributed by atoms with E-state index in [9.17, 15) is 18.4 Å². The lowest BCUT2D eigenvalue weighted by Gasteiger charge is -2.17. The fourth-order valence-electron chi connectivity index (χ4n) is 3.42. The lowest BCUT2D eigenvalue weighted by atomic mass is 10.2. The lowest BCUT2D eigenvalue weighted by Crippen LogP contribution is -2.26. The van der Waals surface area contributed by atoms with E-state index in [4.69, 9.17) is 0 Å². The van der Waals surface area contributed by atoms with Crippen molar-refractivity contribution in [2.75, 3.05) is 18.9 Å². The third-order valence-electron chi connectivity index (χ3n) is 5.12. The molecule has 1 aromatic heterocycles. The lowest BCUT2D eigenvalue weighted by molar-refractivity contribution is -0.116. The number of hydrogen-bond donors (Lipinski definition) is 1. The average molecular weight is 444 g/mol. The Morgan fingerprint density at radius 1 is 1.16 bits per heavy atom. The number of aromatic nitrogens is 2. The van der Waals surface area contributed by atoms with E-state index in [0.29, 0.717) is 24.5 Å². The Labute approximate surface area is 184 Å². The van der Waals surface area contributed by atoms with Gasteiger partial charge >= 0.3 is 6.61 Å². The molecule has 170 valence electrons. The molecule has 3 aromatic rings. The molecule has 0 aliphatic heterocycles. The number of nitrogens with zero attached hydrogens (tertiary/aromatic N) is 3. The first-order valence-corrected chi connectivity index (χ1v) is 10.1. The van der Waals surface area contributed by atoms with Gasteiger partial charge in [0.15, 0.2) is 0 Å². The van der Waals surface area contributed by atoms with Crippen molar-refractivity contribution in [1.82, 2.24) is 14.3 Å². The van der Waals surface area contributed by atoms with Crippen molar-refractivity contribution < 1.29 is 18.3 Å². The summed E-state index contributed by atoms with van der Waals surface area (Å²) in [6.45, 7) is -0.222. The van der Waals surface area contributed by atoms with Gasteiger partial charge in [0.2, 0.25) is 5.91 Å². The molecule has 9 heteroatoms. The third-order valence-corrected chi connectivity index (χ3v) is 5.12. The Kier molecular flexibility index (Phi) is 7.42. The highest BCUT2D eigenvalue weighted by Crippen LogP contribution is 2.17. The molecule has 7 nitrogen and oxygen atoms in total. The van der Waals surface area contributed by atoms with Crippen LogP contribution in [-0.4, -0.2) is 40.4 Å². The second kappa shape index (κ2) is 10.2. The average Bonchev–Trinajstić information content (AvgIpc) is 2.96. The number of ether oxygens (including phenoxy) is 1. The van der Waals surface area contributed by atoms with Gasteiger partial charge in [0.25, 0.3) is 5.56 Å². The van der Waals surface area contributed by atoms with Gasteiger partial charge in [-0.25, -0.2) is 4.68 Å². The normalized spacial score (nSPS) is 11.2. The van der Waals surface area contributed by atoms with Gasteiger partial charge in [-0.05, 0) is 43.8 Å². The van der Waals surface area contributed by atoms with E-state index in [1.807, 2.05) is 42.3 Å². The highest BCUT2D eigenvalue weighted by molar-refractivity contribution is 5.91. The summed E-state index contributed by atoms with van der Waals surface area (Å²) in [6, 6.07) is 15.6. The number of benzene rings is 2. The van der Waals surface area contributed by atoms with E-state index < -0.39 is 6.61 Å². The summed E-state index contributed by atoms with van der Waals surface area (Å²) in [5, 5.41) is 2.74. The van der Waals surface area contributed by atoms with Crippen molar-refractivity contribution in [2.24, 2.45) is 7.05 Å². The topological polar surface area (TPSA) is 68.5 Å². The van der Waals surface area contributed by atoms with E-state index in [1.54, 1.807) is 36.9 Å². The molecular weight excluding hydrogens is 418 g/mol. The predicted molar refractivity (Wildman–Crippen MR) is 118 cm³/mol. The fraction of sp³-hybridized carbons (Fsp3) is 0.304. The maximum atomic E-state index is 12.9. The molecule has 0 saturated heterocycles. The van der Waals surface area contributed by atoms with Crippen molar-refractivity contribution in [2.45, 2.75) is 26.5 Å². The summed E-state index contributed by atoms with van der Waals surface area (Å²) in [5.74, 6) is -0.185. The summed E-state index contributed by atoms with van der Waals surface area (Å²) in [5.41, 5.74) is 2.10. The van der Waals surface area contributed by atoms with E-state index in [2.05, 4.69) is 10.1 Å². The molecule has 1 N–H and O–H groups in total. The van der Waals surface area contributed by atoms with E-state index in [0.717, 1.165) is 5.56 Å². The summed E-state index contributed by atoms with van der Waals surface area (Å²) < 4.78 is 32.4. The Balaban J connectivity index is 1.60. The minimum atomic E-state index is -2.88. The standard InChI is InChI=1S/C23H26F2N4O3/c1-16-21(22(31)29(28(16)3)18-9-5-4-6-10-18)26-20(30)12-13-27(2)15-17-8-7-11-19(14-17)32-23(24)25/h4-11,14,23H,12-13,15H2,1-3H3,(H,26,30). The van der Waals surface area contributed by atoms with Gasteiger partial charge in [-0.1, -0.05) is 30.3 Å². The van der Waals surface area contributed by atoms with Crippen LogP contribution >= 0.6 is 0 Å². The Morgan fingerprint density at radius 2 is 1.88 bits per heavy atom. The first-order chi connectivity index (χ1) is 15.3. The van der Waals surface area contributed by atoms with Crippen LogP contribution in [0.15, 0.2) is 59.4 Å². The Hall–Kier alpha value is -3.46. The van der Waals surface area contributed by atoms with Crippen LogP contribution in [0.2, 0.25) is 0 Å². The second-order valence-corrected chi connectivity index (χ2v) is 7.50. The predicted octanol–water partition coefficient (Wildman–Crippen LogP) is 3.55. The first-order valence-electron chi connectivity index (χ1n) is 10.1. The maximum Gasteiger partial charge on any atom is 0.387 e. The van der Waals surface area contributed by atoms with E-state index in [1.165, 1.54) is 10.7 Å². The molecule has 0 unspecified atom stereocenters. The minimum absolute atomic E-state index is 0.0953. The van der Waals surface area contributed by atoms with Crippen LogP contribution in [-0.2, 0) is 18.4 Å². The molecule has 1 heterocycles. The molecule has 0 aliphatic carbocycles. The van der Waals surface area contributed by atoms with Crippen LogP contribution in [0.1, 0.15) is 17.7 Å². The van der Waals surface area contributed by atoms with Crippen LogP contribution in [0.4, 0.5) is 14.5 Å². The maximum absolute atomic E-state index is 12.9. The van der Waals surface area contributed by atoms with Crippen LogP contribution in [0.3, 0.4) is 0 Å².